The van der Waals surface area contributed by atoms with Crippen LogP contribution in [-0.4, -0.2) is 22.4 Å². The molecular weight excluding hydrogens is 204 g/mol. The lowest BCUT2D eigenvalue weighted by Gasteiger charge is -2.14. The van der Waals surface area contributed by atoms with Gasteiger partial charge in [0.1, 0.15) is 5.56 Å². The minimum atomic E-state index is -0.280. The van der Waals surface area contributed by atoms with Crippen LogP contribution in [0.25, 0.3) is 0 Å². The smallest absolute Gasteiger partial charge is 0.341 e. The number of ether oxygens (including phenoxy) is 1. The molecule has 4 nitrogen and oxygen atoms in total. The SMILES string of the molecule is CCOC(=O)c1cnn(C(C)C)c1C(C)C. The molecule has 0 bridgehead atoms. The van der Waals surface area contributed by atoms with Crippen LogP contribution in [0, 0.1) is 0 Å². The summed E-state index contributed by atoms with van der Waals surface area (Å²) in [5, 5.41) is 4.26. The van der Waals surface area contributed by atoms with Gasteiger partial charge >= 0.3 is 5.97 Å². The summed E-state index contributed by atoms with van der Waals surface area (Å²) < 4.78 is 6.91. The molecule has 1 aromatic rings. The monoisotopic (exact) mass is 224 g/mol. The first-order valence-corrected chi connectivity index (χ1v) is 5.73. The van der Waals surface area contributed by atoms with Gasteiger partial charge in [0, 0.05) is 6.04 Å². The fourth-order valence-electron chi connectivity index (χ4n) is 1.72. The van der Waals surface area contributed by atoms with Crippen molar-refractivity contribution in [2.75, 3.05) is 6.61 Å². The van der Waals surface area contributed by atoms with E-state index in [1.807, 2.05) is 18.5 Å². The molecule has 1 heterocycles. The molecule has 0 fully saturated rings. The maximum absolute atomic E-state index is 11.7. The average Bonchev–Trinajstić information content (AvgIpc) is 2.61. The lowest BCUT2D eigenvalue weighted by Crippen LogP contribution is -2.13. The van der Waals surface area contributed by atoms with Gasteiger partial charge in [-0.25, -0.2) is 4.79 Å². The van der Waals surface area contributed by atoms with Crippen molar-refractivity contribution < 1.29 is 9.53 Å². The van der Waals surface area contributed by atoms with Crippen molar-refractivity contribution in [3.8, 4) is 0 Å². The summed E-state index contributed by atoms with van der Waals surface area (Å²) in [6, 6.07) is 0.251. The lowest BCUT2D eigenvalue weighted by atomic mass is 10.1. The van der Waals surface area contributed by atoms with Gasteiger partial charge < -0.3 is 4.74 Å². The fraction of sp³-hybridized carbons (Fsp3) is 0.667. The van der Waals surface area contributed by atoms with Crippen LogP contribution in [-0.2, 0) is 4.74 Å². The van der Waals surface area contributed by atoms with Gasteiger partial charge in [0.05, 0.1) is 18.5 Å². The Bertz CT molecular complexity index is 367. The zero-order valence-corrected chi connectivity index (χ0v) is 10.7. The average molecular weight is 224 g/mol. The van der Waals surface area contributed by atoms with E-state index in [1.54, 1.807) is 13.1 Å². The maximum Gasteiger partial charge on any atom is 0.341 e. The predicted molar refractivity (Wildman–Crippen MR) is 62.7 cm³/mol. The Balaban J connectivity index is 3.15. The van der Waals surface area contributed by atoms with Crippen LogP contribution in [0.3, 0.4) is 0 Å². The number of hydrogen-bond acceptors (Lipinski definition) is 3. The highest BCUT2D eigenvalue weighted by molar-refractivity contribution is 5.90. The second-order valence-corrected chi connectivity index (χ2v) is 4.36. The van der Waals surface area contributed by atoms with Crippen molar-refractivity contribution in [3.63, 3.8) is 0 Å². The Morgan fingerprint density at radius 3 is 2.50 bits per heavy atom. The molecule has 90 valence electrons. The van der Waals surface area contributed by atoms with Crippen molar-refractivity contribution in [1.29, 1.82) is 0 Å². The largest absolute Gasteiger partial charge is 0.462 e. The third kappa shape index (κ3) is 2.43. The molecule has 0 amide bonds. The van der Waals surface area contributed by atoms with E-state index in [9.17, 15) is 4.79 Å². The molecule has 0 spiro atoms. The zero-order chi connectivity index (χ0) is 12.3. The second-order valence-electron chi connectivity index (χ2n) is 4.36. The van der Waals surface area contributed by atoms with Crippen LogP contribution >= 0.6 is 0 Å². The molecule has 0 saturated heterocycles. The summed E-state index contributed by atoms with van der Waals surface area (Å²) in [6.45, 7) is 10.4. The number of carbonyl (C=O) groups excluding carboxylic acids is 1. The summed E-state index contributed by atoms with van der Waals surface area (Å²) in [7, 11) is 0. The molecule has 16 heavy (non-hydrogen) atoms. The molecule has 1 aromatic heterocycles. The van der Waals surface area contributed by atoms with Gasteiger partial charge in [-0.05, 0) is 26.7 Å². The Morgan fingerprint density at radius 2 is 2.06 bits per heavy atom. The van der Waals surface area contributed by atoms with Gasteiger partial charge in [-0.2, -0.15) is 5.10 Å². The van der Waals surface area contributed by atoms with E-state index in [0.717, 1.165) is 5.69 Å². The van der Waals surface area contributed by atoms with Gasteiger partial charge in [-0.1, -0.05) is 13.8 Å². The third-order valence-electron chi connectivity index (χ3n) is 2.37. The first kappa shape index (κ1) is 12.7. The van der Waals surface area contributed by atoms with Crippen LogP contribution in [0.2, 0.25) is 0 Å². The third-order valence-corrected chi connectivity index (χ3v) is 2.37. The molecule has 0 aromatic carbocycles. The highest BCUT2D eigenvalue weighted by Gasteiger charge is 2.21. The molecule has 0 unspecified atom stereocenters. The number of carbonyl (C=O) groups is 1. The van der Waals surface area contributed by atoms with Crippen molar-refractivity contribution in [1.82, 2.24) is 9.78 Å². The van der Waals surface area contributed by atoms with Crippen LogP contribution in [0.5, 0.6) is 0 Å². The quantitative estimate of drug-likeness (QED) is 0.739. The van der Waals surface area contributed by atoms with Crippen molar-refractivity contribution in [2.24, 2.45) is 0 Å². The van der Waals surface area contributed by atoms with Crippen LogP contribution < -0.4 is 0 Å². The van der Waals surface area contributed by atoms with Crippen molar-refractivity contribution in [2.45, 2.75) is 46.6 Å². The molecule has 1 rings (SSSR count). The van der Waals surface area contributed by atoms with Gasteiger partial charge in [0.2, 0.25) is 0 Å². The Kier molecular flexibility index (Phi) is 4.10. The summed E-state index contributed by atoms with van der Waals surface area (Å²) in [5.74, 6) is -0.0255. The topological polar surface area (TPSA) is 44.1 Å². The standard InChI is InChI=1S/C12H20N2O2/c1-6-16-12(15)10-7-13-14(9(4)5)11(10)8(2)3/h7-9H,6H2,1-5H3. The summed E-state index contributed by atoms with van der Waals surface area (Å²) in [4.78, 5) is 11.7. The zero-order valence-electron chi connectivity index (χ0n) is 10.7. The predicted octanol–water partition coefficient (Wildman–Crippen LogP) is 2.76. The minimum absolute atomic E-state index is 0.251. The first-order chi connectivity index (χ1) is 7.49. The fourth-order valence-corrected chi connectivity index (χ4v) is 1.72. The van der Waals surface area contributed by atoms with E-state index >= 15 is 0 Å². The van der Waals surface area contributed by atoms with Crippen LogP contribution in [0.15, 0.2) is 6.20 Å². The molecule has 0 aliphatic carbocycles. The first-order valence-electron chi connectivity index (χ1n) is 5.73. The van der Waals surface area contributed by atoms with Gasteiger partial charge in [-0.3, -0.25) is 4.68 Å². The molecule has 0 saturated carbocycles. The molecule has 0 radical (unpaired) electrons. The van der Waals surface area contributed by atoms with Gasteiger partial charge in [0.25, 0.3) is 0 Å². The highest BCUT2D eigenvalue weighted by atomic mass is 16.5. The highest BCUT2D eigenvalue weighted by Crippen LogP contribution is 2.23. The van der Waals surface area contributed by atoms with Gasteiger partial charge in [-0.15, -0.1) is 0 Å². The summed E-state index contributed by atoms with van der Waals surface area (Å²) in [6.07, 6.45) is 1.60. The lowest BCUT2D eigenvalue weighted by molar-refractivity contribution is 0.0524. The molecule has 4 heteroatoms. The van der Waals surface area contributed by atoms with Gasteiger partial charge in [0.15, 0.2) is 0 Å². The van der Waals surface area contributed by atoms with E-state index in [1.165, 1.54) is 0 Å². The summed E-state index contributed by atoms with van der Waals surface area (Å²) in [5.41, 5.74) is 1.54. The molecule has 0 aliphatic heterocycles. The molecule has 0 N–H and O–H groups in total. The normalized spacial score (nSPS) is 11.2. The maximum atomic E-state index is 11.7. The Hall–Kier alpha value is -1.32. The molecular formula is C12H20N2O2. The Morgan fingerprint density at radius 1 is 1.44 bits per heavy atom. The molecule has 0 atom stereocenters. The van der Waals surface area contributed by atoms with E-state index in [-0.39, 0.29) is 17.9 Å². The van der Waals surface area contributed by atoms with Crippen LogP contribution in [0.4, 0.5) is 0 Å². The second kappa shape index (κ2) is 5.14. The van der Waals surface area contributed by atoms with E-state index in [0.29, 0.717) is 12.2 Å². The number of hydrogen-bond donors (Lipinski definition) is 0. The van der Waals surface area contributed by atoms with Crippen molar-refractivity contribution >= 4 is 5.97 Å². The van der Waals surface area contributed by atoms with E-state index < -0.39 is 0 Å². The molecule has 0 aliphatic rings. The van der Waals surface area contributed by atoms with Crippen LogP contribution in [0.1, 0.15) is 62.6 Å². The number of rotatable bonds is 4. The number of esters is 1. The van der Waals surface area contributed by atoms with Crippen molar-refractivity contribution in [3.05, 3.63) is 17.5 Å². The number of nitrogens with zero attached hydrogens (tertiary/aromatic N) is 2. The van der Waals surface area contributed by atoms with E-state index in [4.69, 9.17) is 4.74 Å². The summed E-state index contributed by atoms with van der Waals surface area (Å²) >= 11 is 0. The van der Waals surface area contributed by atoms with E-state index in [2.05, 4.69) is 18.9 Å². The number of aromatic nitrogens is 2. The Labute approximate surface area is 96.6 Å². The minimum Gasteiger partial charge on any atom is -0.462 e.